The molecule has 0 bridgehead atoms. The highest BCUT2D eigenvalue weighted by Crippen LogP contribution is 2.50. The summed E-state index contributed by atoms with van der Waals surface area (Å²) in [6.07, 6.45) is 6.40. The zero-order valence-corrected chi connectivity index (χ0v) is 12.2. The van der Waals surface area contributed by atoms with Crippen LogP contribution in [0.5, 0.6) is 0 Å². The number of hydrogen-bond donors (Lipinski definition) is 1. The van der Waals surface area contributed by atoms with Crippen molar-refractivity contribution in [3.05, 3.63) is 0 Å². The van der Waals surface area contributed by atoms with Gasteiger partial charge in [0.25, 0.3) is 0 Å². The Kier molecular flexibility index (Phi) is 3.33. The molecule has 2 heterocycles. The summed E-state index contributed by atoms with van der Waals surface area (Å²) in [7, 11) is 0. The third kappa shape index (κ3) is 2.39. The van der Waals surface area contributed by atoms with E-state index in [1.54, 1.807) is 0 Å². The quantitative estimate of drug-likeness (QED) is 0.814. The fourth-order valence-corrected chi connectivity index (χ4v) is 4.38. The van der Waals surface area contributed by atoms with E-state index in [9.17, 15) is 0 Å². The molecule has 0 spiro atoms. The van der Waals surface area contributed by atoms with Gasteiger partial charge in [-0.15, -0.1) is 0 Å². The molecule has 2 heteroatoms. The third-order valence-electron chi connectivity index (χ3n) is 4.71. The zero-order valence-electron chi connectivity index (χ0n) is 12.2. The molecule has 17 heavy (non-hydrogen) atoms. The van der Waals surface area contributed by atoms with Gasteiger partial charge in [-0.2, -0.15) is 0 Å². The molecular weight excluding hydrogens is 210 g/mol. The molecule has 0 saturated carbocycles. The minimum atomic E-state index is 0.00993. The first-order chi connectivity index (χ1) is 7.81. The maximum Gasteiger partial charge on any atom is 0.0680 e. The molecule has 2 atom stereocenters. The van der Waals surface area contributed by atoms with E-state index in [1.165, 1.54) is 38.6 Å². The zero-order chi connectivity index (χ0) is 12.7. The minimum Gasteiger partial charge on any atom is -0.369 e. The molecule has 2 fully saturated rings. The lowest BCUT2D eigenvalue weighted by Crippen LogP contribution is -2.52. The molecule has 2 aliphatic heterocycles. The summed E-state index contributed by atoms with van der Waals surface area (Å²) in [5, 5.41) is 3.83. The lowest BCUT2D eigenvalue weighted by Gasteiger charge is -2.42. The summed E-state index contributed by atoms with van der Waals surface area (Å²) in [5.74, 6) is 0.646. The van der Waals surface area contributed by atoms with E-state index in [0.29, 0.717) is 11.5 Å². The van der Waals surface area contributed by atoms with Crippen LogP contribution >= 0.6 is 0 Å². The maximum atomic E-state index is 6.29. The molecule has 2 aliphatic rings. The van der Waals surface area contributed by atoms with Gasteiger partial charge < -0.3 is 10.1 Å². The highest BCUT2D eigenvalue weighted by Gasteiger charge is 2.55. The van der Waals surface area contributed by atoms with E-state index >= 15 is 0 Å². The Balaban J connectivity index is 2.25. The van der Waals surface area contributed by atoms with Gasteiger partial charge in [0, 0.05) is 11.5 Å². The molecule has 2 nitrogen and oxygen atoms in total. The van der Waals surface area contributed by atoms with Crippen LogP contribution in [0.3, 0.4) is 0 Å². The Bertz CT molecular complexity index is 277. The smallest absolute Gasteiger partial charge is 0.0680 e. The van der Waals surface area contributed by atoms with Crippen molar-refractivity contribution in [1.82, 2.24) is 5.32 Å². The molecule has 100 valence electrons. The Morgan fingerprint density at radius 3 is 2.35 bits per heavy atom. The minimum absolute atomic E-state index is 0.00993. The molecule has 1 N–H and O–H groups in total. The Hall–Kier alpha value is -0.0800. The SMILES string of the molecule is CCCC1(C2CC(C)(C)OC2(C)C)CCCN1. The van der Waals surface area contributed by atoms with Crippen LogP contribution in [0.15, 0.2) is 0 Å². The summed E-state index contributed by atoms with van der Waals surface area (Å²) >= 11 is 0. The van der Waals surface area contributed by atoms with Crippen LogP contribution in [0.1, 0.15) is 66.7 Å². The van der Waals surface area contributed by atoms with E-state index in [1.807, 2.05) is 0 Å². The molecule has 0 aromatic rings. The number of hydrogen-bond acceptors (Lipinski definition) is 2. The second-order valence-corrected chi connectivity index (χ2v) is 7.16. The van der Waals surface area contributed by atoms with E-state index in [-0.39, 0.29) is 11.2 Å². The predicted molar refractivity (Wildman–Crippen MR) is 72.2 cm³/mol. The summed E-state index contributed by atoms with van der Waals surface area (Å²) in [5.41, 5.74) is 0.390. The molecule has 0 radical (unpaired) electrons. The van der Waals surface area contributed by atoms with Gasteiger partial charge >= 0.3 is 0 Å². The van der Waals surface area contributed by atoms with Gasteiger partial charge in [-0.3, -0.25) is 0 Å². The molecule has 0 aromatic heterocycles. The highest BCUT2D eigenvalue weighted by atomic mass is 16.5. The van der Waals surface area contributed by atoms with Crippen molar-refractivity contribution in [1.29, 1.82) is 0 Å². The van der Waals surface area contributed by atoms with Crippen LogP contribution in [-0.2, 0) is 4.74 Å². The van der Waals surface area contributed by atoms with Gasteiger partial charge in [0.05, 0.1) is 11.2 Å². The Labute approximate surface area is 107 Å². The normalized spacial score (nSPS) is 39.7. The summed E-state index contributed by atoms with van der Waals surface area (Å²) in [6, 6.07) is 0. The number of ether oxygens (including phenoxy) is 1. The van der Waals surface area contributed by atoms with E-state index < -0.39 is 0 Å². The van der Waals surface area contributed by atoms with Crippen LogP contribution < -0.4 is 5.32 Å². The Morgan fingerprint density at radius 2 is 1.94 bits per heavy atom. The fourth-order valence-electron chi connectivity index (χ4n) is 4.38. The molecule has 0 amide bonds. The molecule has 0 aliphatic carbocycles. The van der Waals surface area contributed by atoms with Gasteiger partial charge in [-0.1, -0.05) is 13.3 Å². The van der Waals surface area contributed by atoms with Crippen molar-refractivity contribution in [2.45, 2.75) is 83.5 Å². The summed E-state index contributed by atoms with van der Waals surface area (Å²) in [4.78, 5) is 0. The van der Waals surface area contributed by atoms with Crippen LogP contribution in [0.4, 0.5) is 0 Å². The lowest BCUT2D eigenvalue weighted by atomic mass is 9.69. The lowest BCUT2D eigenvalue weighted by molar-refractivity contribution is -0.0838. The van der Waals surface area contributed by atoms with Crippen molar-refractivity contribution in [3.63, 3.8) is 0 Å². The Morgan fingerprint density at radius 1 is 1.24 bits per heavy atom. The van der Waals surface area contributed by atoms with Crippen LogP contribution in [0.2, 0.25) is 0 Å². The standard InChI is InChI=1S/C15H29NO/c1-6-8-15(9-7-10-16-15)12-11-13(2,3)17-14(12,4)5/h12,16H,6-11H2,1-5H3. The second-order valence-electron chi connectivity index (χ2n) is 7.16. The average Bonchev–Trinajstić information content (AvgIpc) is 2.70. The predicted octanol–water partition coefficient (Wildman–Crippen LogP) is 3.50. The number of nitrogens with one attached hydrogen (secondary N) is 1. The maximum absolute atomic E-state index is 6.29. The number of rotatable bonds is 3. The molecule has 2 saturated heterocycles. The monoisotopic (exact) mass is 239 g/mol. The van der Waals surface area contributed by atoms with Crippen molar-refractivity contribution in [2.24, 2.45) is 5.92 Å². The van der Waals surface area contributed by atoms with Crippen LogP contribution in [-0.4, -0.2) is 23.3 Å². The van der Waals surface area contributed by atoms with Crippen molar-refractivity contribution in [2.75, 3.05) is 6.54 Å². The molecule has 0 aromatic carbocycles. The highest BCUT2D eigenvalue weighted by molar-refractivity contribution is 5.09. The topological polar surface area (TPSA) is 21.3 Å². The fraction of sp³-hybridized carbons (Fsp3) is 1.00. The van der Waals surface area contributed by atoms with Crippen molar-refractivity contribution < 1.29 is 4.74 Å². The largest absolute Gasteiger partial charge is 0.369 e. The third-order valence-corrected chi connectivity index (χ3v) is 4.71. The first-order valence-electron chi connectivity index (χ1n) is 7.27. The van der Waals surface area contributed by atoms with E-state index in [4.69, 9.17) is 4.74 Å². The van der Waals surface area contributed by atoms with Crippen molar-refractivity contribution >= 4 is 0 Å². The van der Waals surface area contributed by atoms with Crippen molar-refractivity contribution in [3.8, 4) is 0 Å². The van der Waals surface area contributed by atoms with Gasteiger partial charge in [0.15, 0.2) is 0 Å². The first-order valence-corrected chi connectivity index (χ1v) is 7.27. The molecule has 2 unspecified atom stereocenters. The van der Waals surface area contributed by atoms with Gasteiger partial charge in [-0.25, -0.2) is 0 Å². The van der Waals surface area contributed by atoms with Crippen LogP contribution in [0.25, 0.3) is 0 Å². The van der Waals surface area contributed by atoms with E-state index in [0.717, 1.165) is 0 Å². The summed E-state index contributed by atoms with van der Waals surface area (Å²) in [6.45, 7) is 12.5. The molecular formula is C15H29NO. The van der Waals surface area contributed by atoms with Crippen LogP contribution in [0, 0.1) is 5.92 Å². The molecule has 2 rings (SSSR count). The first kappa shape index (κ1) is 13.4. The van der Waals surface area contributed by atoms with Gasteiger partial charge in [-0.05, 0) is 59.9 Å². The average molecular weight is 239 g/mol. The second kappa shape index (κ2) is 4.24. The van der Waals surface area contributed by atoms with Gasteiger partial charge in [0.2, 0.25) is 0 Å². The van der Waals surface area contributed by atoms with E-state index in [2.05, 4.69) is 39.9 Å². The van der Waals surface area contributed by atoms with Gasteiger partial charge in [0.1, 0.15) is 0 Å². The summed E-state index contributed by atoms with van der Waals surface area (Å²) < 4.78 is 6.29.